The van der Waals surface area contributed by atoms with Crippen molar-refractivity contribution in [2.24, 2.45) is 5.73 Å². The van der Waals surface area contributed by atoms with Gasteiger partial charge in [-0.25, -0.2) is 0 Å². The highest BCUT2D eigenvalue weighted by Gasteiger charge is 2.44. The van der Waals surface area contributed by atoms with E-state index in [1.807, 2.05) is 6.92 Å². The van der Waals surface area contributed by atoms with Crippen LogP contribution < -0.4 is 5.73 Å². The zero-order valence-corrected chi connectivity index (χ0v) is 9.49. The molecule has 1 saturated carbocycles. The van der Waals surface area contributed by atoms with Gasteiger partial charge in [0.2, 0.25) is 0 Å². The Labute approximate surface area is 91.4 Å². The molecule has 0 radical (unpaired) electrons. The van der Waals surface area contributed by atoms with E-state index in [1.54, 1.807) is 7.11 Å². The van der Waals surface area contributed by atoms with Crippen LogP contribution in [0.1, 0.15) is 36.9 Å². The zero-order valence-electron chi connectivity index (χ0n) is 9.49. The largest absolute Gasteiger partial charge is 0.384 e. The van der Waals surface area contributed by atoms with Gasteiger partial charge in [0.1, 0.15) is 0 Å². The molecule has 1 fully saturated rings. The van der Waals surface area contributed by atoms with E-state index in [9.17, 15) is 0 Å². The Bertz CT molecular complexity index is 342. The Morgan fingerprint density at radius 3 is 2.73 bits per heavy atom. The monoisotopic (exact) mass is 205 g/mol. The molecule has 0 heterocycles. The van der Waals surface area contributed by atoms with Crippen molar-refractivity contribution in [1.29, 1.82) is 0 Å². The number of ether oxygens (including phenoxy) is 1. The Morgan fingerprint density at radius 2 is 2.20 bits per heavy atom. The van der Waals surface area contributed by atoms with Gasteiger partial charge in [0.25, 0.3) is 0 Å². The van der Waals surface area contributed by atoms with E-state index in [2.05, 4.69) is 24.3 Å². The van der Waals surface area contributed by atoms with Gasteiger partial charge in [-0.15, -0.1) is 0 Å². The molecule has 1 aliphatic carbocycles. The minimum atomic E-state index is 0.114. The van der Waals surface area contributed by atoms with Crippen molar-refractivity contribution in [3.8, 4) is 0 Å². The first kappa shape index (κ1) is 10.7. The number of hydrogen-bond acceptors (Lipinski definition) is 2. The third-order valence-corrected chi connectivity index (χ3v) is 3.30. The van der Waals surface area contributed by atoms with Crippen LogP contribution in [-0.2, 0) is 10.2 Å². The van der Waals surface area contributed by atoms with Crippen molar-refractivity contribution in [2.45, 2.75) is 31.2 Å². The lowest BCUT2D eigenvalue weighted by Gasteiger charge is -2.16. The van der Waals surface area contributed by atoms with Gasteiger partial charge in [-0.1, -0.05) is 24.3 Å². The maximum Gasteiger partial charge on any atom is 0.0559 e. The SMILES string of the molecule is COCC1(c2cccc(C(C)N)c2)CC1. The fourth-order valence-electron chi connectivity index (χ4n) is 2.10. The molecular weight excluding hydrogens is 186 g/mol. The van der Waals surface area contributed by atoms with Gasteiger partial charge in [-0.2, -0.15) is 0 Å². The Balaban J connectivity index is 2.25. The van der Waals surface area contributed by atoms with Crippen LogP contribution in [0.2, 0.25) is 0 Å². The fourth-order valence-corrected chi connectivity index (χ4v) is 2.10. The molecule has 2 N–H and O–H groups in total. The average molecular weight is 205 g/mol. The van der Waals surface area contributed by atoms with Crippen LogP contribution >= 0.6 is 0 Å². The number of benzene rings is 1. The van der Waals surface area contributed by atoms with Crippen molar-refractivity contribution in [3.05, 3.63) is 35.4 Å². The highest BCUT2D eigenvalue weighted by molar-refractivity contribution is 5.35. The smallest absolute Gasteiger partial charge is 0.0559 e. The van der Waals surface area contributed by atoms with Crippen LogP contribution in [0.15, 0.2) is 24.3 Å². The van der Waals surface area contributed by atoms with Gasteiger partial charge < -0.3 is 10.5 Å². The minimum Gasteiger partial charge on any atom is -0.384 e. The lowest BCUT2D eigenvalue weighted by molar-refractivity contribution is 0.171. The average Bonchev–Trinajstić information content (AvgIpc) is 3.00. The predicted molar refractivity (Wildman–Crippen MR) is 61.8 cm³/mol. The summed E-state index contributed by atoms with van der Waals surface area (Å²) in [6.07, 6.45) is 2.48. The van der Waals surface area contributed by atoms with Crippen LogP contribution in [0.4, 0.5) is 0 Å². The van der Waals surface area contributed by atoms with Crippen LogP contribution in [0.25, 0.3) is 0 Å². The molecular formula is C13H19NO. The molecule has 1 atom stereocenters. The first-order valence-electron chi connectivity index (χ1n) is 5.53. The summed E-state index contributed by atoms with van der Waals surface area (Å²) in [5, 5.41) is 0. The number of hydrogen-bond donors (Lipinski definition) is 1. The molecule has 2 nitrogen and oxygen atoms in total. The van der Waals surface area contributed by atoms with Gasteiger partial charge in [0, 0.05) is 18.6 Å². The molecule has 0 bridgehead atoms. The summed E-state index contributed by atoms with van der Waals surface area (Å²) in [6, 6.07) is 8.73. The molecule has 2 heteroatoms. The maximum atomic E-state index is 5.89. The van der Waals surface area contributed by atoms with Crippen molar-refractivity contribution in [2.75, 3.05) is 13.7 Å². The molecule has 0 aromatic heterocycles. The second-order valence-electron chi connectivity index (χ2n) is 4.63. The summed E-state index contributed by atoms with van der Waals surface area (Å²) in [6.45, 7) is 2.85. The van der Waals surface area contributed by atoms with Crippen molar-refractivity contribution < 1.29 is 4.74 Å². The van der Waals surface area contributed by atoms with E-state index >= 15 is 0 Å². The molecule has 2 rings (SSSR count). The maximum absolute atomic E-state index is 5.89. The van der Waals surface area contributed by atoms with Crippen molar-refractivity contribution in [1.82, 2.24) is 0 Å². The summed E-state index contributed by atoms with van der Waals surface area (Å²) in [4.78, 5) is 0. The first-order valence-corrected chi connectivity index (χ1v) is 5.53. The topological polar surface area (TPSA) is 35.2 Å². The summed E-state index contributed by atoms with van der Waals surface area (Å²) >= 11 is 0. The molecule has 1 aliphatic rings. The summed E-state index contributed by atoms with van der Waals surface area (Å²) in [5.41, 5.74) is 8.79. The van der Waals surface area contributed by atoms with Crippen molar-refractivity contribution in [3.63, 3.8) is 0 Å². The Kier molecular flexibility index (Phi) is 2.81. The highest BCUT2D eigenvalue weighted by atomic mass is 16.5. The van der Waals surface area contributed by atoms with Crippen LogP contribution in [0.3, 0.4) is 0 Å². The second-order valence-corrected chi connectivity index (χ2v) is 4.63. The number of methoxy groups -OCH3 is 1. The fraction of sp³-hybridized carbons (Fsp3) is 0.538. The van der Waals surface area contributed by atoms with E-state index in [4.69, 9.17) is 10.5 Å². The zero-order chi connectivity index (χ0) is 10.9. The summed E-state index contributed by atoms with van der Waals surface area (Å²) < 4.78 is 5.29. The quantitative estimate of drug-likeness (QED) is 0.819. The first-order chi connectivity index (χ1) is 7.18. The molecule has 1 unspecified atom stereocenters. The van der Waals surface area contributed by atoms with Gasteiger partial charge in [0.15, 0.2) is 0 Å². The normalized spacial score (nSPS) is 19.9. The van der Waals surface area contributed by atoms with Crippen LogP contribution in [-0.4, -0.2) is 13.7 Å². The molecule has 82 valence electrons. The highest BCUT2D eigenvalue weighted by Crippen LogP contribution is 2.48. The summed E-state index contributed by atoms with van der Waals surface area (Å²) in [5.74, 6) is 0. The van der Waals surface area contributed by atoms with E-state index in [0.29, 0.717) is 5.41 Å². The molecule has 0 amide bonds. The second kappa shape index (κ2) is 3.95. The Hall–Kier alpha value is -0.860. The van der Waals surface area contributed by atoms with Gasteiger partial charge in [-0.05, 0) is 30.9 Å². The third kappa shape index (κ3) is 2.06. The van der Waals surface area contributed by atoms with Gasteiger partial charge in [-0.3, -0.25) is 0 Å². The van der Waals surface area contributed by atoms with E-state index < -0.39 is 0 Å². The number of rotatable bonds is 4. The molecule has 1 aromatic rings. The third-order valence-electron chi connectivity index (χ3n) is 3.30. The van der Waals surface area contributed by atoms with Gasteiger partial charge >= 0.3 is 0 Å². The molecule has 1 aromatic carbocycles. The summed E-state index contributed by atoms with van der Waals surface area (Å²) in [7, 11) is 1.77. The molecule has 0 aliphatic heterocycles. The lowest BCUT2D eigenvalue weighted by atomic mass is 9.94. The van der Waals surface area contributed by atoms with E-state index in [-0.39, 0.29) is 6.04 Å². The van der Waals surface area contributed by atoms with E-state index in [1.165, 1.54) is 24.0 Å². The van der Waals surface area contributed by atoms with Crippen LogP contribution in [0, 0.1) is 0 Å². The van der Waals surface area contributed by atoms with Crippen molar-refractivity contribution >= 4 is 0 Å². The Morgan fingerprint density at radius 1 is 1.47 bits per heavy atom. The molecule has 0 saturated heterocycles. The minimum absolute atomic E-state index is 0.114. The molecule has 15 heavy (non-hydrogen) atoms. The van der Waals surface area contributed by atoms with E-state index in [0.717, 1.165) is 6.61 Å². The predicted octanol–water partition coefficient (Wildman–Crippen LogP) is 2.38. The van der Waals surface area contributed by atoms with Crippen LogP contribution in [0.5, 0.6) is 0 Å². The standard InChI is InChI=1S/C13H19NO/c1-10(14)11-4-3-5-12(8-11)13(6-7-13)9-15-2/h3-5,8,10H,6-7,9,14H2,1-2H3. The number of nitrogens with two attached hydrogens (primary N) is 1. The van der Waals surface area contributed by atoms with Gasteiger partial charge in [0.05, 0.1) is 6.61 Å². The lowest BCUT2D eigenvalue weighted by Crippen LogP contribution is -2.15. The molecule has 0 spiro atoms.